The quantitative estimate of drug-likeness (QED) is 0.354. The van der Waals surface area contributed by atoms with Crippen molar-refractivity contribution in [3.63, 3.8) is 0 Å². The summed E-state index contributed by atoms with van der Waals surface area (Å²) in [6.07, 6.45) is 3.72. The second kappa shape index (κ2) is 10.5. The van der Waals surface area contributed by atoms with Crippen LogP contribution in [0.15, 0.2) is 55.0 Å². The number of rotatable bonds is 6. The molecule has 3 atom stereocenters. The molecule has 1 saturated heterocycles. The van der Waals surface area contributed by atoms with Gasteiger partial charge in [-0.05, 0) is 61.2 Å². The number of nitrogens with one attached hydrogen (secondary N) is 1. The number of benzene rings is 2. The van der Waals surface area contributed by atoms with Crippen molar-refractivity contribution in [2.75, 3.05) is 6.54 Å². The van der Waals surface area contributed by atoms with Gasteiger partial charge in [-0.15, -0.1) is 0 Å². The van der Waals surface area contributed by atoms with Crippen molar-refractivity contribution in [1.82, 2.24) is 25.0 Å². The molecule has 210 valence electrons. The molecule has 1 aliphatic heterocycles. The van der Waals surface area contributed by atoms with E-state index in [4.69, 9.17) is 0 Å². The summed E-state index contributed by atoms with van der Waals surface area (Å²) in [4.78, 5) is 40.4. The van der Waals surface area contributed by atoms with Crippen LogP contribution in [0.2, 0.25) is 0 Å². The molecule has 1 N–H and O–H groups in total. The maximum Gasteiger partial charge on any atom is 0.243 e. The normalized spacial score (nSPS) is 19.9. The highest BCUT2D eigenvalue weighted by Crippen LogP contribution is 2.35. The van der Waals surface area contributed by atoms with Gasteiger partial charge in [-0.1, -0.05) is 6.07 Å². The molecule has 2 aromatic heterocycles. The third-order valence-corrected chi connectivity index (χ3v) is 7.95. The summed E-state index contributed by atoms with van der Waals surface area (Å²) in [6, 6.07) is 7.49. The highest BCUT2D eigenvalue weighted by molar-refractivity contribution is 6.08. The minimum Gasteiger partial charge on any atom is -0.347 e. The molecule has 4 aromatic rings. The number of likely N-dealkylation sites (tertiary alicyclic amines) is 1. The van der Waals surface area contributed by atoms with Crippen LogP contribution >= 0.6 is 0 Å². The van der Waals surface area contributed by atoms with Crippen molar-refractivity contribution < 1.29 is 27.6 Å². The molecule has 8 nitrogen and oxygen atoms in total. The Hall–Kier alpha value is -4.54. The van der Waals surface area contributed by atoms with Crippen LogP contribution in [-0.2, 0) is 22.6 Å². The molecule has 2 aliphatic rings. The van der Waals surface area contributed by atoms with Gasteiger partial charge in [0.25, 0.3) is 0 Å². The number of halogens is 3. The Morgan fingerprint density at radius 1 is 1.05 bits per heavy atom. The third-order valence-electron chi connectivity index (χ3n) is 7.95. The van der Waals surface area contributed by atoms with Crippen LogP contribution in [0.4, 0.5) is 13.2 Å². The lowest BCUT2D eigenvalue weighted by Gasteiger charge is -2.26. The smallest absolute Gasteiger partial charge is 0.243 e. The predicted octanol–water partition coefficient (Wildman–Crippen LogP) is 4.32. The number of Topliss-reactive ketones (excluding diaryl/α,β-unsaturated/α-hetero) is 1. The third kappa shape index (κ3) is 4.85. The van der Waals surface area contributed by atoms with Gasteiger partial charge in [0.1, 0.15) is 30.4 Å². The predicted molar refractivity (Wildman–Crippen MR) is 144 cm³/mol. The summed E-state index contributed by atoms with van der Waals surface area (Å²) in [5.74, 6) is -2.45. The minimum absolute atomic E-state index is 0.100. The lowest BCUT2D eigenvalue weighted by atomic mass is 10.0. The van der Waals surface area contributed by atoms with E-state index in [0.717, 1.165) is 23.3 Å². The van der Waals surface area contributed by atoms with Crippen molar-refractivity contribution in [3.05, 3.63) is 83.3 Å². The summed E-state index contributed by atoms with van der Waals surface area (Å²) in [5.41, 5.74) is 3.01. The van der Waals surface area contributed by atoms with Gasteiger partial charge in [0.05, 0.1) is 25.0 Å². The monoisotopic (exact) mass is 561 g/mol. The fourth-order valence-electron chi connectivity index (χ4n) is 5.98. The molecule has 11 heteroatoms. The van der Waals surface area contributed by atoms with Gasteiger partial charge >= 0.3 is 0 Å². The maximum atomic E-state index is 14.6. The summed E-state index contributed by atoms with van der Waals surface area (Å²) in [5, 5.41) is 11.0. The number of ketones is 1. The van der Waals surface area contributed by atoms with Crippen LogP contribution in [0, 0.1) is 11.6 Å². The molecular formula is C30H26F3N5O3. The molecule has 0 spiro atoms. The van der Waals surface area contributed by atoms with Gasteiger partial charge in [-0.2, -0.15) is 10.2 Å². The maximum absolute atomic E-state index is 14.6. The second-order valence-corrected chi connectivity index (χ2v) is 10.5. The van der Waals surface area contributed by atoms with Gasteiger partial charge < -0.3 is 14.8 Å². The van der Waals surface area contributed by atoms with E-state index in [1.807, 2.05) is 12.1 Å². The largest absolute Gasteiger partial charge is 0.347 e. The van der Waals surface area contributed by atoms with Crippen LogP contribution in [0.1, 0.15) is 47.3 Å². The average Bonchev–Trinajstić information content (AvgIpc) is 3.67. The zero-order chi connectivity index (χ0) is 28.8. The van der Waals surface area contributed by atoms with Crippen molar-refractivity contribution >= 4 is 28.5 Å². The van der Waals surface area contributed by atoms with E-state index in [-0.39, 0.29) is 42.8 Å². The van der Waals surface area contributed by atoms with E-state index in [1.54, 1.807) is 35.3 Å². The standard InChI is InChI=1S/C30H26F3N5O3/c1-16(39)22-14-37(26-7-2-17(10-21(22)26)18-8-9-34-35-12-18)15-28(40)38-13-19(31)11-27(38)30(41)36-25-6-3-20-23(32)4-5-24(33)29(20)25/h2,4-5,7-10,12,14,19,25,27H,3,6,11,13,15H2,1H3,(H,36,41). The first-order valence-electron chi connectivity index (χ1n) is 13.3. The summed E-state index contributed by atoms with van der Waals surface area (Å²) < 4.78 is 44.9. The number of hydrogen-bond donors (Lipinski definition) is 1. The molecule has 2 aromatic carbocycles. The van der Waals surface area contributed by atoms with E-state index in [0.29, 0.717) is 22.9 Å². The first-order chi connectivity index (χ1) is 19.7. The van der Waals surface area contributed by atoms with Gasteiger partial charge in [-0.25, -0.2) is 13.2 Å². The van der Waals surface area contributed by atoms with Crippen molar-refractivity contribution in [2.24, 2.45) is 0 Å². The molecule has 0 saturated carbocycles. The lowest BCUT2D eigenvalue weighted by Crippen LogP contribution is -2.47. The second-order valence-electron chi connectivity index (χ2n) is 10.5. The van der Waals surface area contributed by atoms with E-state index in [9.17, 15) is 27.6 Å². The molecule has 0 radical (unpaired) electrons. The molecule has 3 unspecified atom stereocenters. The topological polar surface area (TPSA) is 97.2 Å². The number of carbonyl (C=O) groups is 3. The fourth-order valence-corrected chi connectivity index (χ4v) is 5.98. The Morgan fingerprint density at radius 3 is 2.61 bits per heavy atom. The van der Waals surface area contributed by atoms with E-state index >= 15 is 0 Å². The van der Waals surface area contributed by atoms with Crippen molar-refractivity contribution in [2.45, 2.75) is 51.0 Å². The van der Waals surface area contributed by atoms with Gasteiger partial charge in [0.2, 0.25) is 11.8 Å². The van der Waals surface area contributed by atoms with Gasteiger partial charge in [-0.3, -0.25) is 14.4 Å². The van der Waals surface area contributed by atoms with Crippen molar-refractivity contribution in [1.29, 1.82) is 0 Å². The molecule has 1 fully saturated rings. The van der Waals surface area contributed by atoms with Gasteiger partial charge in [0, 0.05) is 40.2 Å². The summed E-state index contributed by atoms with van der Waals surface area (Å²) in [7, 11) is 0. The minimum atomic E-state index is -1.41. The van der Waals surface area contributed by atoms with Crippen molar-refractivity contribution in [3.8, 4) is 11.1 Å². The first kappa shape index (κ1) is 26.7. The molecule has 1 aliphatic carbocycles. The van der Waals surface area contributed by atoms with Gasteiger partial charge in [0.15, 0.2) is 5.78 Å². The van der Waals surface area contributed by atoms with Crippen LogP contribution < -0.4 is 5.32 Å². The number of carbonyl (C=O) groups excluding carboxylic acids is 3. The zero-order valence-electron chi connectivity index (χ0n) is 22.1. The van der Waals surface area contributed by atoms with E-state index in [1.165, 1.54) is 11.8 Å². The Kier molecular flexibility index (Phi) is 6.80. The van der Waals surface area contributed by atoms with Crippen LogP contribution in [0.3, 0.4) is 0 Å². The number of aromatic nitrogens is 3. The van der Waals surface area contributed by atoms with E-state index < -0.39 is 41.7 Å². The zero-order valence-corrected chi connectivity index (χ0v) is 22.1. The SMILES string of the molecule is CC(=O)c1cn(CC(=O)N2CC(F)CC2C(=O)NC2CCc3c(F)ccc(F)c32)c2ccc(-c3ccnnc3)cc12. The lowest BCUT2D eigenvalue weighted by molar-refractivity contribution is -0.139. The molecular weight excluding hydrogens is 535 g/mol. The first-order valence-corrected chi connectivity index (χ1v) is 13.3. The number of nitrogens with zero attached hydrogens (tertiary/aromatic N) is 4. The van der Waals surface area contributed by atoms with E-state index in [2.05, 4.69) is 15.5 Å². The highest BCUT2D eigenvalue weighted by Gasteiger charge is 2.41. The molecule has 3 heterocycles. The Balaban J connectivity index is 1.24. The summed E-state index contributed by atoms with van der Waals surface area (Å²) in [6.45, 7) is 0.952. The Morgan fingerprint density at radius 2 is 1.85 bits per heavy atom. The highest BCUT2D eigenvalue weighted by atomic mass is 19.1. The van der Waals surface area contributed by atoms with Crippen LogP contribution in [-0.4, -0.2) is 56.0 Å². The number of fused-ring (bicyclic) bond motifs is 2. The number of alkyl halides is 1. The molecule has 41 heavy (non-hydrogen) atoms. The number of hydrogen-bond acceptors (Lipinski definition) is 5. The Bertz CT molecular complexity index is 1690. The molecule has 0 bridgehead atoms. The van der Waals surface area contributed by atoms with Crippen LogP contribution in [0.5, 0.6) is 0 Å². The van der Waals surface area contributed by atoms with Crippen LogP contribution in [0.25, 0.3) is 22.0 Å². The summed E-state index contributed by atoms with van der Waals surface area (Å²) >= 11 is 0. The fraction of sp³-hybridized carbons (Fsp3) is 0.300. The molecule has 2 amide bonds. The Labute approximate surface area is 233 Å². The molecule has 6 rings (SSSR count). The number of amides is 2. The average molecular weight is 562 g/mol.